The third-order valence-corrected chi connectivity index (χ3v) is 4.65. The molecule has 0 spiro atoms. The molecule has 1 aromatic carbocycles. The van der Waals surface area contributed by atoms with Crippen molar-refractivity contribution >= 4 is 23.5 Å². The molecule has 1 aromatic rings. The second kappa shape index (κ2) is 8.14. The van der Waals surface area contributed by atoms with Gasteiger partial charge in [-0.2, -0.15) is 0 Å². The molecule has 0 aliphatic heterocycles. The van der Waals surface area contributed by atoms with Gasteiger partial charge in [0.05, 0.1) is 11.3 Å². The lowest BCUT2D eigenvalue weighted by Gasteiger charge is -2.12. The third kappa shape index (κ3) is 5.31. The van der Waals surface area contributed by atoms with E-state index in [2.05, 4.69) is 10.6 Å². The highest BCUT2D eigenvalue weighted by Crippen LogP contribution is 2.27. The summed E-state index contributed by atoms with van der Waals surface area (Å²) in [6.07, 6.45) is 6.83. The van der Waals surface area contributed by atoms with Crippen LogP contribution < -0.4 is 10.6 Å². The van der Waals surface area contributed by atoms with Gasteiger partial charge in [-0.15, -0.1) is 0 Å². The quantitative estimate of drug-likeness (QED) is 0.745. The molecule has 0 aromatic heterocycles. The van der Waals surface area contributed by atoms with Gasteiger partial charge >= 0.3 is 5.97 Å². The van der Waals surface area contributed by atoms with Crippen molar-refractivity contribution in [3.05, 3.63) is 29.8 Å². The molecule has 0 radical (unpaired) electrons. The Bertz CT molecular complexity index is 649. The first-order chi connectivity index (χ1) is 12.1. The van der Waals surface area contributed by atoms with E-state index in [4.69, 9.17) is 4.74 Å². The van der Waals surface area contributed by atoms with Crippen LogP contribution in [-0.4, -0.2) is 30.4 Å². The Hall–Kier alpha value is -2.37. The molecule has 0 saturated heterocycles. The number of para-hydroxylation sites is 1. The predicted molar refractivity (Wildman–Crippen MR) is 93.1 cm³/mol. The van der Waals surface area contributed by atoms with Crippen molar-refractivity contribution in [2.75, 3.05) is 11.9 Å². The summed E-state index contributed by atoms with van der Waals surface area (Å²) in [6.45, 7) is -0.329. The number of anilines is 1. The smallest absolute Gasteiger partial charge is 0.306 e. The minimum Gasteiger partial charge on any atom is -0.456 e. The summed E-state index contributed by atoms with van der Waals surface area (Å²) in [5.74, 6) is -0.577. The molecule has 2 aliphatic rings. The summed E-state index contributed by atoms with van der Waals surface area (Å²) in [7, 11) is 0. The molecule has 0 unspecified atom stereocenters. The number of amides is 2. The van der Waals surface area contributed by atoms with Gasteiger partial charge in [-0.1, -0.05) is 25.0 Å². The van der Waals surface area contributed by atoms with Crippen molar-refractivity contribution in [1.82, 2.24) is 5.32 Å². The third-order valence-electron chi connectivity index (χ3n) is 4.65. The number of carbonyl (C=O) groups excluding carboxylic acids is 3. The molecule has 6 nitrogen and oxygen atoms in total. The predicted octanol–water partition coefficient (Wildman–Crippen LogP) is 2.64. The van der Waals surface area contributed by atoms with Crippen molar-refractivity contribution in [3.8, 4) is 0 Å². The molecule has 2 aliphatic carbocycles. The molecule has 0 heterocycles. The molecule has 0 bridgehead atoms. The van der Waals surface area contributed by atoms with Gasteiger partial charge in [-0.3, -0.25) is 14.4 Å². The highest BCUT2D eigenvalue weighted by Gasteiger charge is 2.25. The molecule has 25 heavy (non-hydrogen) atoms. The number of esters is 1. The SMILES string of the molecule is O=C(COC(=O)CC1CCCC1)Nc1ccccc1C(=O)NC1CC1. The van der Waals surface area contributed by atoms with Crippen LogP contribution in [0.1, 0.15) is 55.3 Å². The van der Waals surface area contributed by atoms with E-state index in [1.54, 1.807) is 24.3 Å². The zero-order chi connectivity index (χ0) is 17.6. The molecule has 3 rings (SSSR count). The van der Waals surface area contributed by atoms with Crippen LogP contribution >= 0.6 is 0 Å². The maximum absolute atomic E-state index is 12.2. The van der Waals surface area contributed by atoms with Crippen molar-refractivity contribution < 1.29 is 19.1 Å². The zero-order valence-electron chi connectivity index (χ0n) is 14.3. The minimum atomic E-state index is -0.438. The summed E-state index contributed by atoms with van der Waals surface area (Å²) in [5.41, 5.74) is 0.845. The fraction of sp³-hybridized carbons (Fsp3) is 0.526. The molecule has 0 atom stereocenters. The van der Waals surface area contributed by atoms with Crippen molar-refractivity contribution in [1.29, 1.82) is 0 Å². The number of ether oxygens (including phenoxy) is 1. The van der Waals surface area contributed by atoms with Crippen LogP contribution in [0.3, 0.4) is 0 Å². The Labute approximate surface area is 147 Å². The van der Waals surface area contributed by atoms with E-state index in [-0.39, 0.29) is 24.5 Å². The van der Waals surface area contributed by atoms with Crippen LogP contribution in [0.5, 0.6) is 0 Å². The van der Waals surface area contributed by atoms with Gasteiger partial charge in [-0.05, 0) is 43.7 Å². The standard InChI is InChI=1S/C19H24N2O4/c22-17(12-25-18(23)11-13-5-1-2-6-13)21-16-8-4-3-7-15(16)19(24)20-14-9-10-14/h3-4,7-8,13-14H,1-2,5-6,9-12H2,(H,20,24)(H,21,22). The molecule has 6 heteroatoms. The fourth-order valence-corrected chi connectivity index (χ4v) is 3.12. The Balaban J connectivity index is 1.48. The Kier molecular flexibility index (Phi) is 5.68. The highest BCUT2D eigenvalue weighted by molar-refractivity contribution is 6.04. The van der Waals surface area contributed by atoms with E-state index >= 15 is 0 Å². The van der Waals surface area contributed by atoms with E-state index in [9.17, 15) is 14.4 Å². The second-order valence-electron chi connectivity index (χ2n) is 6.86. The summed E-state index contributed by atoms with van der Waals surface area (Å²) >= 11 is 0. The van der Waals surface area contributed by atoms with E-state index in [1.165, 1.54) is 0 Å². The second-order valence-corrected chi connectivity index (χ2v) is 6.86. The topological polar surface area (TPSA) is 84.5 Å². The van der Waals surface area contributed by atoms with Gasteiger partial charge in [0.25, 0.3) is 11.8 Å². The average Bonchev–Trinajstić information content (AvgIpc) is 3.26. The zero-order valence-corrected chi connectivity index (χ0v) is 14.3. The van der Waals surface area contributed by atoms with Gasteiger partial charge in [0, 0.05) is 12.5 Å². The van der Waals surface area contributed by atoms with Crippen LogP contribution in [0.4, 0.5) is 5.69 Å². The van der Waals surface area contributed by atoms with Gasteiger partial charge < -0.3 is 15.4 Å². The van der Waals surface area contributed by atoms with Crippen LogP contribution in [-0.2, 0) is 14.3 Å². The number of hydrogen-bond donors (Lipinski definition) is 2. The first-order valence-corrected chi connectivity index (χ1v) is 8.97. The Morgan fingerprint density at radius 1 is 1.04 bits per heavy atom. The lowest BCUT2D eigenvalue weighted by Crippen LogP contribution is -2.28. The molecule has 134 valence electrons. The number of hydrogen-bond acceptors (Lipinski definition) is 4. The number of benzene rings is 1. The van der Waals surface area contributed by atoms with Gasteiger partial charge in [0.15, 0.2) is 6.61 Å². The van der Waals surface area contributed by atoms with Crippen LogP contribution in [0.2, 0.25) is 0 Å². The molecule has 2 fully saturated rings. The van der Waals surface area contributed by atoms with Crippen molar-refractivity contribution in [2.24, 2.45) is 5.92 Å². The lowest BCUT2D eigenvalue weighted by molar-refractivity contribution is -0.148. The maximum atomic E-state index is 12.2. The molecule has 2 amide bonds. The van der Waals surface area contributed by atoms with Crippen molar-refractivity contribution in [3.63, 3.8) is 0 Å². The summed E-state index contributed by atoms with van der Waals surface area (Å²) in [4.78, 5) is 36.0. The van der Waals surface area contributed by atoms with Crippen molar-refractivity contribution in [2.45, 2.75) is 51.0 Å². The van der Waals surface area contributed by atoms with Crippen LogP contribution in [0.15, 0.2) is 24.3 Å². The molecular formula is C19H24N2O4. The van der Waals surface area contributed by atoms with E-state index in [1.807, 2.05) is 0 Å². The monoisotopic (exact) mass is 344 g/mol. The molecule has 2 N–H and O–H groups in total. The molecular weight excluding hydrogens is 320 g/mol. The Morgan fingerprint density at radius 3 is 2.48 bits per heavy atom. The first-order valence-electron chi connectivity index (χ1n) is 8.97. The van der Waals surface area contributed by atoms with Gasteiger partial charge in [-0.25, -0.2) is 0 Å². The average molecular weight is 344 g/mol. The fourth-order valence-electron chi connectivity index (χ4n) is 3.12. The minimum absolute atomic E-state index is 0.198. The number of nitrogens with one attached hydrogen (secondary N) is 2. The Morgan fingerprint density at radius 2 is 1.76 bits per heavy atom. The first kappa shape index (κ1) is 17.5. The highest BCUT2D eigenvalue weighted by atomic mass is 16.5. The van der Waals surface area contributed by atoms with Crippen LogP contribution in [0.25, 0.3) is 0 Å². The summed E-state index contributed by atoms with van der Waals surface area (Å²) in [6, 6.07) is 7.07. The van der Waals surface area contributed by atoms with Gasteiger partial charge in [0.1, 0.15) is 0 Å². The number of rotatable bonds is 7. The number of carbonyl (C=O) groups is 3. The van der Waals surface area contributed by atoms with E-state index < -0.39 is 5.91 Å². The molecule has 2 saturated carbocycles. The van der Waals surface area contributed by atoms with Gasteiger partial charge in [0.2, 0.25) is 0 Å². The lowest BCUT2D eigenvalue weighted by atomic mass is 10.0. The normalized spacial score (nSPS) is 17.1. The maximum Gasteiger partial charge on any atom is 0.306 e. The van der Waals surface area contributed by atoms with E-state index in [0.717, 1.165) is 38.5 Å². The largest absolute Gasteiger partial charge is 0.456 e. The summed E-state index contributed by atoms with van der Waals surface area (Å²) < 4.78 is 5.06. The van der Waals surface area contributed by atoms with E-state index in [0.29, 0.717) is 23.6 Å². The van der Waals surface area contributed by atoms with Crippen LogP contribution in [0, 0.1) is 5.92 Å². The summed E-state index contributed by atoms with van der Waals surface area (Å²) in [5, 5.41) is 5.56.